The summed E-state index contributed by atoms with van der Waals surface area (Å²) in [6.45, 7) is 0. The second-order valence-electron chi connectivity index (χ2n) is 11.9. The summed E-state index contributed by atoms with van der Waals surface area (Å²) in [4.78, 5) is 48.5. The summed E-state index contributed by atoms with van der Waals surface area (Å²) in [5, 5.41) is 3.31. The molecule has 1 fully saturated rings. The van der Waals surface area contributed by atoms with Crippen molar-refractivity contribution < 1.29 is 19.1 Å². The molecule has 246 valence electrons. The normalized spacial score (nSPS) is 17.0. The molecule has 0 radical (unpaired) electrons. The molecule has 2 aliphatic heterocycles. The van der Waals surface area contributed by atoms with Crippen LogP contribution in [0.2, 0.25) is 0 Å². The highest BCUT2D eigenvalue weighted by Gasteiger charge is 2.54. The number of fused-ring (bicyclic) bond motifs is 1. The first-order valence-corrected chi connectivity index (χ1v) is 17.9. The number of hydrogen-bond donors (Lipinski definition) is 1. The summed E-state index contributed by atoms with van der Waals surface area (Å²) >= 11 is 3.10. The quantitative estimate of drug-likeness (QED) is 0.128. The van der Waals surface area contributed by atoms with E-state index >= 15 is 0 Å². The Hall–Kier alpha value is -5.06. The topological polar surface area (TPSA) is 93.5 Å². The second-order valence-corrected chi connectivity index (χ2v) is 14.0. The van der Waals surface area contributed by atoms with E-state index in [2.05, 4.69) is 10.3 Å². The van der Waals surface area contributed by atoms with Crippen molar-refractivity contribution in [2.24, 2.45) is 7.05 Å². The molecule has 2 atom stereocenters. The van der Waals surface area contributed by atoms with Crippen LogP contribution in [0.3, 0.4) is 0 Å². The monoisotopic (exact) mass is 686 g/mol. The molecular weight excluding hydrogens is 653 g/mol. The van der Waals surface area contributed by atoms with E-state index in [1.165, 1.54) is 16.7 Å². The number of aromatic nitrogens is 2. The number of carbonyl (C=O) groups excluding carboxylic acids is 3. The van der Waals surface area contributed by atoms with Gasteiger partial charge in [0.2, 0.25) is 5.91 Å². The number of β-lactam (4-membered cyclic amide) rings is 1. The standard InChI is InChI=1S/C39H34N4O4S2/c1-42-30(24-40-39(42)49-31-20-12-5-13-21-31)23-29-25-48-37-33(41-32(44)22-26-14-6-2-7-15-26)36(45)43(37)34(29)38(46)47-35(27-16-8-3-9-17-27)28-18-10-4-11-19-28/h2-21,24,33,35,37H,22-23,25H2,1H3,(H,41,44). The molecule has 10 heteroatoms. The van der Waals surface area contributed by atoms with E-state index in [4.69, 9.17) is 4.74 Å². The van der Waals surface area contributed by atoms with E-state index in [-0.39, 0.29) is 23.9 Å². The van der Waals surface area contributed by atoms with Gasteiger partial charge in [0.25, 0.3) is 5.91 Å². The lowest BCUT2D eigenvalue weighted by Gasteiger charge is -2.50. The Labute approximate surface area is 293 Å². The van der Waals surface area contributed by atoms with Crippen LogP contribution in [-0.2, 0) is 39.0 Å². The molecule has 0 saturated carbocycles. The SMILES string of the molecule is Cn1c(CC2=C(C(=O)OC(c3ccccc3)c3ccccc3)N3C(=O)C(NC(=O)Cc4ccccc4)C3SC2)cnc1Sc1ccccc1. The van der Waals surface area contributed by atoms with E-state index in [1.807, 2.05) is 139 Å². The van der Waals surface area contributed by atoms with E-state index in [0.717, 1.165) is 38.0 Å². The zero-order chi connectivity index (χ0) is 33.7. The largest absolute Gasteiger partial charge is 0.448 e. The maximum atomic E-state index is 14.4. The smallest absolute Gasteiger partial charge is 0.356 e. The van der Waals surface area contributed by atoms with Crippen molar-refractivity contribution in [1.82, 2.24) is 19.8 Å². The number of nitrogens with one attached hydrogen (secondary N) is 1. The molecule has 2 amide bonds. The average molecular weight is 687 g/mol. The minimum absolute atomic E-state index is 0.164. The third-order valence-corrected chi connectivity index (χ3v) is 11.0. The van der Waals surface area contributed by atoms with Gasteiger partial charge in [0.05, 0.1) is 6.42 Å². The fourth-order valence-electron chi connectivity index (χ4n) is 6.06. The van der Waals surface area contributed by atoms with E-state index in [1.54, 1.807) is 11.8 Å². The molecule has 1 saturated heterocycles. The molecule has 7 rings (SSSR count). The van der Waals surface area contributed by atoms with Crippen LogP contribution in [0.15, 0.2) is 149 Å². The van der Waals surface area contributed by atoms with E-state index in [9.17, 15) is 14.4 Å². The molecule has 0 spiro atoms. The lowest BCUT2D eigenvalue weighted by Crippen LogP contribution is -2.70. The Balaban J connectivity index is 1.19. The van der Waals surface area contributed by atoms with Gasteiger partial charge in [0.15, 0.2) is 11.3 Å². The van der Waals surface area contributed by atoms with Gasteiger partial charge in [-0.25, -0.2) is 9.78 Å². The van der Waals surface area contributed by atoms with Crippen LogP contribution in [0.5, 0.6) is 0 Å². The van der Waals surface area contributed by atoms with Crippen molar-refractivity contribution in [2.75, 3.05) is 5.75 Å². The Morgan fingerprint density at radius 3 is 2.12 bits per heavy atom. The number of nitrogens with zero attached hydrogens (tertiary/aromatic N) is 3. The van der Waals surface area contributed by atoms with Crippen molar-refractivity contribution >= 4 is 41.3 Å². The maximum absolute atomic E-state index is 14.4. The van der Waals surface area contributed by atoms with Gasteiger partial charge in [-0.15, -0.1) is 11.8 Å². The van der Waals surface area contributed by atoms with E-state index in [0.29, 0.717) is 12.2 Å². The number of rotatable bonds is 11. The molecule has 1 aromatic heterocycles. The molecule has 0 bridgehead atoms. The van der Waals surface area contributed by atoms with Crippen molar-refractivity contribution in [3.8, 4) is 0 Å². The van der Waals surface area contributed by atoms with Crippen LogP contribution in [0.25, 0.3) is 0 Å². The van der Waals surface area contributed by atoms with Gasteiger partial charge in [0.1, 0.15) is 17.1 Å². The van der Waals surface area contributed by atoms with Gasteiger partial charge in [-0.05, 0) is 34.4 Å². The first-order chi connectivity index (χ1) is 24.0. The van der Waals surface area contributed by atoms with Crippen LogP contribution >= 0.6 is 23.5 Å². The number of thioether (sulfide) groups is 1. The molecule has 8 nitrogen and oxygen atoms in total. The summed E-state index contributed by atoms with van der Waals surface area (Å²) < 4.78 is 8.35. The summed E-state index contributed by atoms with van der Waals surface area (Å²) in [6.07, 6.45) is 1.70. The minimum Gasteiger partial charge on any atom is -0.448 e. The average Bonchev–Trinajstić information content (AvgIpc) is 3.48. The molecule has 2 aliphatic rings. The van der Waals surface area contributed by atoms with Crippen LogP contribution in [0.4, 0.5) is 0 Å². The van der Waals surface area contributed by atoms with Crippen LogP contribution < -0.4 is 5.32 Å². The van der Waals surface area contributed by atoms with Gasteiger partial charge in [0, 0.05) is 36.0 Å². The van der Waals surface area contributed by atoms with E-state index < -0.39 is 23.5 Å². The second kappa shape index (κ2) is 14.6. The number of esters is 1. The molecule has 49 heavy (non-hydrogen) atoms. The molecule has 1 N–H and O–H groups in total. The molecule has 5 aromatic rings. The van der Waals surface area contributed by atoms with Crippen molar-refractivity contribution in [2.45, 2.75) is 40.4 Å². The molecule has 0 aliphatic carbocycles. The molecule has 3 heterocycles. The first kappa shape index (κ1) is 32.5. The van der Waals surface area contributed by atoms with Gasteiger partial charge >= 0.3 is 5.97 Å². The highest BCUT2D eigenvalue weighted by atomic mass is 32.2. The highest BCUT2D eigenvalue weighted by Crippen LogP contribution is 2.42. The molecule has 2 unspecified atom stereocenters. The highest BCUT2D eigenvalue weighted by molar-refractivity contribution is 8.00. The summed E-state index contributed by atoms with van der Waals surface area (Å²) in [5.74, 6) is -0.668. The number of amides is 2. The van der Waals surface area contributed by atoms with Gasteiger partial charge < -0.3 is 14.6 Å². The molecular formula is C39H34N4O4S2. The number of hydrogen-bond acceptors (Lipinski definition) is 7. The van der Waals surface area contributed by atoms with Crippen LogP contribution in [0, 0.1) is 0 Å². The third kappa shape index (κ3) is 7.06. The first-order valence-electron chi connectivity index (χ1n) is 16.0. The Morgan fingerprint density at radius 2 is 1.49 bits per heavy atom. The summed E-state index contributed by atoms with van der Waals surface area (Å²) in [7, 11) is 1.96. The number of ether oxygens (including phenoxy) is 1. The van der Waals surface area contributed by atoms with Crippen LogP contribution in [-0.4, -0.2) is 49.4 Å². The number of benzene rings is 4. The van der Waals surface area contributed by atoms with Crippen LogP contribution in [0.1, 0.15) is 28.5 Å². The molecule has 4 aromatic carbocycles. The van der Waals surface area contributed by atoms with Crippen molar-refractivity contribution in [3.05, 3.63) is 161 Å². The Bertz CT molecular complexity index is 1950. The fraction of sp³-hybridized carbons (Fsp3) is 0.179. The maximum Gasteiger partial charge on any atom is 0.356 e. The lowest BCUT2D eigenvalue weighted by molar-refractivity contribution is -0.154. The van der Waals surface area contributed by atoms with Gasteiger partial charge in [-0.1, -0.05) is 121 Å². The van der Waals surface area contributed by atoms with Gasteiger partial charge in [-0.3, -0.25) is 14.5 Å². The fourth-order valence-corrected chi connectivity index (χ4v) is 8.27. The third-order valence-electron chi connectivity index (χ3n) is 8.58. The zero-order valence-electron chi connectivity index (χ0n) is 26.8. The number of carbonyl (C=O) groups is 3. The predicted molar refractivity (Wildman–Crippen MR) is 190 cm³/mol. The predicted octanol–water partition coefficient (Wildman–Crippen LogP) is 6.34. The Morgan fingerprint density at radius 1 is 0.898 bits per heavy atom. The summed E-state index contributed by atoms with van der Waals surface area (Å²) in [6, 6.07) is 37.9. The van der Waals surface area contributed by atoms with Gasteiger partial charge in [-0.2, -0.15) is 0 Å². The minimum atomic E-state index is -0.741. The summed E-state index contributed by atoms with van der Waals surface area (Å²) in [5.41, 5.74) is 4.41. The number of imidazole rings is 1. The van der Waals surface area contributed by atoms with Crippen molar-refractivity contribution in [1.29, 1.82) is 0 Å². The zero-order valence-corrected chi connectivity index (χ0v) is 28.4. The lowest BCUT2D eigenvalue weighted by atomic mass is 9.99. The Kier molecular flexibility index (Phi) is 9.68. The van der Waals surface area contributed by atoms with Crippen molar-refractivity contribution in [3.63, 3.8) is 0 Å².